The first-order chi connectivity index (χ1) is 19.7. The lowest BCUT2D eigenvalue weighted by molar-refractivity contribution is 0.0690. The van der Waals surface area contributed by atoms with Crippen LogP contribution in [-0.4, -0.2) is 22.7 Å². The maximum absolute atomic E-state index is 12.1. The summed E-state index contributed by atoms with van der Waals surface area (Å²) in [5.41, 5.74) is 4.94. The molecule has 0 aliphatic heterocycles. The van der Waals surface area contributed by atoms with Crippen molar-refractivity contribution >= 4 is 27.6 Å². The zero-order valence-corrected chi connectivity index (χ0v) is 22.0. The molecular weight excluding hydrogens is 498 g/mol. The molecule has 5 heteroatoms. The molecule has 2 N–H and O–H groups in total. The van der Waals surface area contributed by atoms with Gasteiger partial charge < -0.3 is 19.6 Å². The minimum Gasteiger partial charge on any atom is -0.493 e. The second-order valence-corrected chi connectivity index (χ2v) is 9.78. The van der Waals surface area contributed by atoms with E-state index >= 15 is 0 Å². The largest absolute Gasteiger partial charge is 0.493 e. The van der Waals surface area contributed by atoms with E-state index in [-0.39, 0.29) is 5.69 Å². The molecule has 0 atom stereocenters. The number of fused-ring (bicyclic) bond motifs is 2. The number of aromatic nitrogens is 1. The number of benzene rings is 5. The molecule has 1 heterocycles. The molecule has 6 rings (SSSR count). The zero-order valence-electron chi connectivity index (χ0n) is 22.0. The third-order valence-electron chi connectivity index (χ3n) is 7.11. The number of ether oxygens (including phenoxy) is 2. The SMILES string of the molecule is O=C(O)c1[nH]c2cc(-c3cccc(OCc4ccccc4)c3)ccc2c1CCCOc1cccc2ccccc12. The summed E-state index contributed by atoms with van der Waals surface area (Å²) in [4.78, 5) is 15.2. The third kappa shape index (κ3) is 5.40. The van der Waals surface area contributed by atoms with Gasteiger partial charge in [-0.15, -0.1) is 0 Å². The molecule has 0 unspecified atom stereocenters. The van der Waals surface area contributed by atoms with E-state index in [1.807, 2.05) is 97.1 Å². The summed E-state index contributed by atoms with van der Waals surface area (Å²) in [7, 11) is 0. The number of hydrogen-bond donors (Lipinski definition) is 2. The van der Waals surface area contributed by atoms with Crippen LogP contribution in [0.25, 0.3) is 32.8 Å². The summed E-state index contributed by atoms with van der Waals surface area (Å²) < 4.78 is 12.1. The van der Waals surface area contributed by atoms with E-state index in [1.165, 1.54) is 0 Å². The molecule has 0 saturated heterocycles. The Balaban J connectivity index is 1.18. The molecule has 0 spiro atoms. The van der Waals surface area contributed by atoms with Crippen molar-refractivity contribution in [3.63, 3.8) is 0 Å². The zero-order chi connectivity index (χ0) is 27.3. The van der Waals surface area contributed by atoms with Gasteiger partial charge >= 0.3 is 5.97 Å². The summed E-state index contributed by atoms with van der Waals surface area (Å²) in [5, 5.41) is 13.0. The fourth-order valence-corrected chi connectivity index (χ4v) is 5.14. The van der Waals surface area contributed by atoms with Crippen LogP contribution < -0.4 is 9.47 Å². The predicted octanol–water partition coefficient (Wildman–Crippen LogP) is 8.28. The lowest BCUT2D eigenvalue weighted by Crippen LogP contribution is -2.04. The van der Waals surface area contributed by atoms with Crippen LogP contribution in [-0.2, 0) is 13.0 Å². The highest BCUT2D eigenvalue weighted by atomic mass is 16.5. The number of aromatic carboxylic acids is 1. The molecule has 198 valence electrons. The third-order valence-corrected chi connectivity index (χ3v) is 7.11. The van der Waals surface area contributed by atoms with Crippen molar-refractivity contribution in [2.24, 2.45) is 0 Å². The maximum Gasteiger partial charge on any atom is 0.352 e. The summed E-state index contributed by atoms with van der Waals surface area (Å²) in [6.07, 6.45) is 1.29. The van der Waals surface area contributed by atoms with Gasteiger partial charge in [-0.05, 0) is 64.7 Å². The van der Waals surface area contributed by atoms with Gasteiger partial charge in [-0.2, -0.15) is 0 Å². The van der Waals surface area contributed by atoms with E-state index < -0.39 is 5.97 Å². The highest BCUT2D eigenvalue weighted by molar-refractivity contribution is 5.98. The number of carbonyl (C=O) groups is 1. The molecule has 0 saturated carbocycles. The highest BCUT2D eigenvalue weighted by Gasteiger charge is 2.17. The van der Waals surface area contributed by atoms with Gasteiger partial charge in [0.15, 0.2) is 0 Å². The number of carboxylic acids is 1. The van der Waals surface area contributed by atoms with Crippen molar-refractivity contribution in [2.75, 3.05) is 6.61 Å². The average molecular weight is 528 g/mol. The number of nitrogens with one attached hydrogen (secondary N) is 1. The van der Waals surface area contributed by atoms with Crippen molar-refractivity contribution in [1.82, 2.24) is 4.98 Å². The van der Waals surface area contributed by atoms with Crippen molar-refractivity contribution in [3.8, 4) is 22.6 Å². The molecule has 40 heavy (non-hydrogen) atoms. The monoisotopic (exact) mass is 527 g/mol. The Morgan fingerprint density at radius 2 is 1.50 bits per heavy atom. The van der Waals surface area contributed by atoms with Crippen LogP contribution >= 0.6 is 0 Å². The molecule has 5 aromatic carbocycles. The first-order valence-electron chi connectivity index (χ1n) is 13.4. The predicted molar refractivity (Wildman–Crippen MR) is 159 cm³/mol. The van der Waals surface area contributed by atoms with Crippen LogP contribution in [0.5, 0.6) is 11.5 Å². The molecular formula is C35H29NO4. The molecule has 0 radical (unpaired) electrons. The van der Waals surface area contributed by atoms with E-state index in [4.69, 9.17) is 9.47 Å². The van der Waals surface area contributed by atoms with Crippen LogP contribution in [0.2, 0.25) is 0 Å². The molecule has 0 aliphatic carbocycles. The van der Waals surface area contributed by atoms with E-state index in [1.54, 1.807) is 0 Å². The second kappa shape index (κ2) is 11.4. The molecule has 5 nitrogen and oxygen atoms in total. The smallest absolute Gasteiger partial charge is 0.352 e. The van der Waals surface area contributed by atoms with E-state index in [9.17, 15) is 9.90 Å². The van der Waals surface area contributed by atoms with Gasteiger partial charge in [0.25, 0.3) is 0 Å². The van der Waals surface area contributed by atoms with Crippen LogP contribution in [0.15, 0.2) is 115 Å². The second-order valence-electron chi connectivity index (χ2n) is 9.78. The van der Waals surface area contributed by atoms with Crippen LogP contribution in [0.1, 0.15) is 28.0 Å². The highest BCUT2D eigenvalue weighted by Crippen LogP contribution is 2.31. The van der Waals surface area contributed by atoms with Gasteiger partial charge in [-0.25, -0.2) is 4.79 Å². The minimum atomic E-state index is -0.959. The van der Waals surface area contributed by atoms with Gasteiger partial charge in [0.05, 0.1) is 6.61 Å². The number of aromatic amines is 1. The number of H-pyrrole nitrogens is 1. The van der Waals surface area contributed by atoms with Crippen LogP contribution in [0, 0.1) is 0 Å². The maximum atomic E-state index is 12.1. The topological polar surface area (TPSA) is 71.5 Å². The fourth-order valence-electron chi connectivity index (χ4n) is 5.14. The minimum absolute atomic E-state index is 0.234. The Morgan fingerprint density at radius 1 is 0.725 bits per heavy atom. The number of hydrogen-bond acceptors (Lipinski definition) is 3. The normalized spacial score (nSPS) is 11.1. The van der Waals surface area contributed by atoms with E-state index in [0.29, 0.717) is 26.1 Å². The Bertz CT molecular complexity index is 1780. The van der Waals surface area contributed by atoms with Gasteiger partial charge in [0.1, 0.15) is 23.8 Å². The molecule has 0 bridgehead atoms. The molecule has 6 aromatic rings. The number of aryl methyl sites for hydroxylation is 1. The van der Waals surface area contributed by atoms with Gasteiger partial charge in [-0.1, -0.05) is 91.0 Å². The Labute approximate surface area is 232 Å². The number of rotatable bonds is 10. The number of carboxylic acid groups (broad SMARTS) is 1. The summed E-state index contributed by atoms with van der Waals surface area (Å²) in [5.74, 6) is 0.667. The lowest BCUT2D eigenvalue weighted by Gasteiger charge is -2.10. The fraction of sp³-hybridized carbons (Fsp3) is 0.114. The van der Waals surface area contributed by atoms with E-state index in [2.05, 4.69) is 23.2 Å². The summed E-state index contributed by atoms with van der Waals surface area (Å²) >= 11 is 0. The van der Waals surface area contributed by atoms with Crippen molar-refractivity contribution < 1.29 is 19.4 Å². The molecule has 1 aromatic heterocycles. The molecule has 0 fully saturated rings. The van der Waals surface area contributed by atoms with Gasteiger partial charge in [-0.3, -0.25) is 0 Å². The molecule has 0 aliphatic rings. The van der Waals surface area contributed by atoms with Crippen molar-refractivity contribution in [3.05, 3.63) is 132 Å². The molecule has 0 amide bonds. The summed E-state index contributed by atoms with van der Waals surface area (Å²) in [6.45, 7) is 0.989. The quantitative estimate of drug-likeness (QED) is 0.176. The Kier molecular flexibility index (Phi) is 7.18. The van der Waals surface area contributed by atoms with Gasteiger partial charge in [0.2, 0.25) is 0 Å². The van der Waals surface area contributed by atoms with Gasteiger partial charge in [0, 0.05) is 16.3 Å². The van der Waals surface area contributed by atoms with Crippen LogP contribution in [0.3, 0.4) is 0 Å². The summed E-state index contributed by atoms with van der Waals surface area (Å²) in [6, 6.07) is 38.2. The average Bonchev–Trinajstić information content (AvgIpc) is 3.37. The van der Waals surface area contributed by atoms with Crippen molar-refractivity contribution in [1.29, 1.82) is 0 Å². The Hall–Kier alpha value is -5.03. The Morgan fingerprint density at radius 3 is 2.38 bits per heavy atom. The first kappa shape index (κ1) is 25.3. The van der Waals surface area contributed by atoms with E-state index in [0.717, 1.165) is 55.4 Å². The van der Waals surface area contributed by atoms with Crippen LogP contribution in [0.4, 0.5) is 0 Å². The van der Waals surface area contributed by atoms with Crippen molar-refractivity contribution in [2.45, 2.75) is 19.4 Å². The first-order valence-corrected chi connectivity index (χ1v) is 13.4. The lowest BCUT2D eigenvalue weighted by atomic mass is 10.0. The standard InChI is InChI=1S/C35H29NO4/c37-35(38)34-31(16-8-20-39-33-17-7-12-25-11-4-5-15-29(25)33)30-19-18-27(22-32(30)36-34)26-13-6-14-28(21-26)40-23-24-9-2-1-3-10-24/h1-7,9-15,17-19,21-22,36H,8,16,20,23H2,(H,37,38).